The number of fused-ring (bicyclic) bond motifs is 1. The first-order valence-electron chi connectivity index (χ1n) is 9.70. The molecule has 2 atom stereocenters. The van der Waals surface area contributed by atoms with Crippen LogP contribution in [0, 0.1) is 11.8 Å². The summed E-state index contributed by atoms with van der Waals surface area (Å²) in [6, 6.07) is 3.69. The fourth-order valence-electron chi connectivity index (χ4n) is 4.55. The summed E-state index contributed by atoms with van der Waals surface area (Å²) in [5, 5.41) is 0. The van der Waals surface area contributed by atoms with Crippen molar-refractivity contribution in [2.45, 2.75) is 25.2 Å². The molecule has 142 valence electrons. The van der Waals surface area contributed by atoms with Gasteiger partial charge in [-0.2, -0.15) is 0 Å². The average Bonchev–Trinajstić information content (AvgIpc) is 3.17. The molecule has 2 saturated heterocycles. The summed E-state index contributed by atoms with van der Waals surface area (Å²) in [5.41, 5.74) is 0.556. The first-order valence-corrected chi connectivity index (χ1v) is 9.70. The van der Waals surface area contributed by atoms with E-state index in [1.54, 1.807) is 6.33 Å². The Morgan fingerprint density at radius 1 is 1.00 bits per heavy atom. The molecule has 2 aromatic heterocycles. The number of hydrogen-bond acceptors (Lipinski definition) is 6. The Morgan fingerprint density at radius 2 is 1.70 bits per heavy atom. The number of nitrogens with one attached hydrogen (secondary N) is 1. The standard InChI is InChI=1S/C19H24N6O2/c1-23-18(26)6-17(22-19(23)27)25-9-13-7-24(8-14(13)10-25)16-5-15(20-11-21-16)12-3-2-4-12/h5-6,11-14H,2-4,7-10H2,1H3,(H,22,27). The van der Waals surface area contributed by atoms with Crippen LogP contribution >= 0.6 is 0 Å². The summed E-state index contributed by atoms with van der Waals surface area (Å²) in [5.74, 6) is 3.31. The smallest absolute Gasteiger partial charge is 0.329 e. The Morgan fingerprint density at radius 3 is 2.33 bits per heavy atom. The van der Waals surface area contributed by atoms with Gasteiger partial charge in [-0.15, -0.1) is 0 Å². The van der Waals surface area contributed by atoms with Gasteiger partial charge in [-0.25, -0.2) is 14.8 Å². The van der Waals surface area contributed by atoms with Crippen LogP contribution < -0.4 is 21.0 Å². The number of aromatic nitrogens is 4. The van der Waals surface area contributed by atoms with Crippen molar-refractivity contribution in [1.29, 1.82) is 0 Å². The van der Waals surface area contributed by atoms with Crippen LogP contribution in [0.4, 0.5) is 11.6 Å². The van der Waals surface area contributed by atoms with E-state index in [-0.39, 0.29) is 11.2 Å². The number of anilines is 2. The molecular formula is C19H24N6O2. The third-order valence-electron chi connectivity index (χ3n) is 6.48. The molecule has 0 radical (unpaired) electrons. The monoisotopic (exact) mass is 368 g/mol. The molecule has 0 aromatic carbocycles. The average molecular weight is 368 g/mol. The topological polar surface area (TPSA) is 87.1 Å². The van der Waals surface area contributed by atoms with Crippen molar-refractivity contribution in [3.05, 3.63) is 45.0 Å². The second kappa shape index (κ2) is 6.21. The van der Waals surface area contributed by atoms with Gasteiger partial charge in [0.25, 0.3) is 5.56 Å². The summed E-state index contributed by atoms with van der Waals surface area (Å²) >= 11 is 0. The maximum absolute atomic E-state index is 11.9. The highest BCUT2D eigenvalue weighted by Crippen LogP contribution is 2.38. The predicted octanol–water partition coefficient (Wildman–Crippen LogP) is 0.704. The van der Waals surface area contributed by atoms with E-state index in [1.807, 2.05) is 0 Å². The first kappa shape index (κ1) is 16.5. The number of hydrogen-bond donors (Lipinski definition) is 1. The molecule has 2 aromatic rings. The quantitative estimate of drug-likeness (QED) is 0.858. The van der Waals surface area contributed by atoms with E-state index in [2.05, 4.69) is 30.8 Å². The van der Waals surface area contributed by atoms with Crippen molar-refractivity contribution in [2.24, 2.45) is 18.9 Å². The van der Waals surface area contributed by atoms with Crippen LogP contribution in [-0.4, -0.2) is 45.7 Å². The van der Waals surface area contributed by atoms with Gasteiger partial charge in [0.05, 0.1) is 0 Å². The zero-order valence-corrected chi connectivity index (χ0v) is 15.5. The zero-order valence-electron chi connectivity index (χ0n) is 15.5. The minimum Gasteiger partial charge on any atom is -0.357 e. The van der Waals surface area contributed by atoms with E-state index < -0.39 is 0 Å². The zero-order chi connectivity index (χ0) is 18.5. The van der Waals surface area contributed by atoms with Gasteiger partial charge in [-0.3, -0.25) is 14.3 Å². The van der Waals surface area contributed by atoms with E-state index in [0.717, 1.165) is 36.6 Å². The van der Waals surface area contributed by atoms with Gasteiger partial charge in [0.15, 0.2) is 0 Å². The first-order chi connectivity index (χ1) is 13.1. The number of rotatable bonds is 3. The Hall–Kier alpha value is -2.64. The summed E-state index contributed by atoms with van der Waals surface area (Å²) in [7, 11) is 1.49. The van der Waals surface area contributed by atoms with Crippen LogP contribution in [0.2, 0.25) is 0 Å². The molecule has 0 spiro atoms. The maximum Gasteiger partial charge on any atom is 0.329 e. The van der Waals surface area contributed by atoms with E-state index in [4.69, 9.17) is 0 Å². The second-order valence-corrected chi connectivity index (χ2v) is 8.12. The number of nitrogens with zero attached hydrogens (tertiary/aromatic N) is 5. The normalized spacial score (nSPS) is 24.9. The lowest BCUT2D eigenvalue weighted by atomic mass is 9.83. The highest BCUT2D eigenvalue weighted by atomic mass is 16.2. The highest BCUT2D eigenvalue weighted by molar-refractivity contribution is 5.45. The highest BCUT2D eigenvalue weighted by Gasteiger charge is 2.41. The minimum absolute atomic E-state index is 0.267. The lowest BCUT2D eigenvalue weighted by Gasteiger charge is -2.27. The van der Waals surface area contributed by atoms with Gasteiger partial charge in [0.2, 0.25) is 0 Å². The van der Waals surface area contributed by atoms with Gasteiger partial charge in [-0.1, -0.05) is 6.42 Å². The van der Waals surface area contributed by atoms with Crippen molar-refractivity contribution in [1.82, 2.24) is 19.5 Å². The molecule has 2 unspecified atom stereocenters. The molecule has 4 heterocycles. The van der Waals surface area contributed by atoms with Crippen molar-refractivity contribution in [2.75, 3.05) is 36.0 Å². The van der Waals surface area contributed by atoms with E-state index in [9.17, 15) is 9.59 Å². The van der Waals surface area contributed by atoms with Gasteiger partial charge < -0.3 is 9.80 Å². The van der Waals surface area contributed by atoms with Gasteiger partial charge in [0, 0.05) is 68.8 Å². The molecular weight excluding hydrogens is 344 g/mol. The third kappa shape index (κ3) is 2.83. The summed E-state index contributed by atoms with van der Waals surface area (Å²) in [6.45, 7) is 3.62. The van der Waals surface area contributed by atoms with Crippen LogP contribution in [0.5, 0.6) is 0 Å². The summed E-state index contributed by atoms with van der Waals surface area (Å²) in [4.78, 5) is 40.1. The predicted molar refractivity (Wildman–Crippen MR) is 102 cm³/mol. The van der Waals surface area contributed by atoms with Gasteiger partial charge in [0.1, 0.15) is 18.0 Å². The molecule has 0 bridgehead atoms. The lowest BCUT2D eigenvalue weighted by molar-refractivity contribution is 0.410. The molecule has 1 saturated carbocycles. The Bertz CT molecular complexity index is 933. The molecule has 1 N–H and O–H groups in total. The van der Waals surface area contributed by atoms with Crippen LogP contribution in [-0.2, 0) is 7.05 Å². The fraction of sp³-hybridized carbons (Fsp3) is 0.579. The number of H-pyrrole nitrogens is 1. The molecule has 8 nitrogen and oxygen atoms in total. The Balaban J connectivity index is 1.30. The van der Waals surface area contributed by atoms with Crippen LogP contribution in [0.3, 0.4) is 0 Å². The van der Waals surface area contributed by atoms with E-state index in [1.165, 1.54) is 38.1 Å². The summed E-state index contributed by atoms with van der Waals surface area (Å²) < 4.78 is 1.09. The Labute approximate surface area is 156 Å². The Kier molecular flexibility index (Phi) is 3.80. The van der Waals surface area contributed by atoms with Crippen molar-refractivity contribution < 1.29 is 0 Å². The van der Waals surface area contributed by atoms with Crippen LogP contribution in [0.1, 0.15) is 30.9 Å². The largest absolute Gasteiger partial charge is 0.357 e. The number of aromatic amines is 1. The van der Waals surface area contributed by atoms with Gasteiger partial charge in [-0.05, 0) is 12.8 Å². The molecule has 8 heteroatoms. The molecule has 1 aliphatic carbocycles. The van der Waals surface area contributed by atoms with Crippen molar-refractivity contribution >= 4 is 11.6 Å². The summed E-state index contributed by atoms with van der Waals surface area (Å²) in [6.07, 6.45) is 5.49. The van der Waals surface area contributed by atoms with E-state index in [0.29, 0.717) is 23.6 Å². The maximum atomic E-state index is 11.9. The SMILES string of the molecule is Cn1c(=O)cc(N2CC3CN(c4cc(C5CCC5)ncn4)CC3C2)[nH]c1=O. The molecule has 27 heavy (non-hydrogen) atoms. The molecule has 0 amide bonds. The second-order valence-electron chi connectivity index (χ2n) is 8.12. The molecule has 3 fully saturated rings. The molecule has 5 rings (SSSR count). The fourth-order valence-corrected chi connectivity index (χ4v) is 4.55. The minimum atomic E-state index is -0.360. The van der Waals surface area contributed by atoms with Crippen molar-refractivity contribution in [3.8, 4) is 0 Å². The molecule has 2 aliphatic heterocycles. The van der Waals surface area contributed by atoms with Crippen LogP contribution in [0.25, 0.3) is 0 Å². The molecule has 3 aliphatic rings. The van der Waals surface area contributed by atoms with Crippen LogP contribution in [0.15, 0.2) is 28.0 Å². The van der Waals surface area contributed by atoms with Gasteiger partial charge >= 0.3 is 5.69 Å². The third-order valence-corrected chi connectivity index (χ3v) is 6.48. The van der Waals surface area contributed by atoms with E-state index >= 15 is 0 Å². The lowest BCUT2D eigenvalue weighted by Crippen LogP contribution is -2.36. The van der Waals surface area contributed by atoms with Crippen molar-refractivity contribution in [3.63, 3.8) is 0 Å².